The molecule has 0 aliphatic carbocycles. The van der Waals surface area contributed by atoms with Gasteiger partial charge in [-0.2, -0.15) is 0 Å². The Morgan fingerprint density at radius 3 is 2.67 bits per heavy atom. The lowest BCUT2D eigenvalue weighted by molar-refractivity contribution is -0.146. The third-order valence-corrected chi connectivity index (χ3v) is 2.18. The average molecular weight is 218 g/mol. The summed E-state index contributed by atoms with van der Waals surface area (Å²) in [4.78, 5) is 22.9. The fraction of sp³-hybridized carbons (Fsp3) is 0.750. The molecule has 15 heavy (non-hydrogen) atoms. The number of amides is 2. The van der Waals surface area contributed by atoms with E-state index in [0.717, 1.165) is 0 Å². The topological polar surface area (TPSA) is 110 Å². The van der Waals surface area contributed by atoms with Crippen LogP contribution in [0.15, 0.2) is 0 Å². The van der Waals surface area contributed by atoms with Crippen molar-refractivity contribution in [1.29, 1.82) is 0 Å². The van der Waals surface area contributed by atoms with Crippen molar-refractivity contribution in [2.75, 3.05) is 19.6 Å². The Balaban J connectivity index is 2.27. The first-order valence-electron chi connectivity index (χ1n) is 4.62. The summed E-state index contributed by atoms with van der Waals surface area (Å²) < 4.78 is 0. The van der Waals surface area contributed by atoms with E-state index in [1.807, 2.05) is 0 Å². The van der Waals surface area contributed by atoms with Gasteiger partial charge in [-0.1, -0.05) is 0 Å². The van der Waals surface area contributed by atoms with Gasteiger partial charge in [0.05, 0.1) is 12.6 Å². The van der Waals surface area contributed by atoms with Crippen LogP contribution in [0.2, 0.25) is 0 Å². The molecule has 2 atom stereocenters. The number of hydrogen-bond acceptors (Lipinski definition) is 4. The van der Waals surface area contributed by atoms with E-state index in [1.54, 1.807) is 0 Å². The second-order valence-corrected chi connectivity index (χ2v) is 3.43. The lowest BCUT2D eigenvalue weighted by Crippen LogP contribution is -2.43. The molecule has 1 aliphatic heterocycles. The number of likely N-dealkylation sites (tertiary alicyclic amines) is 1. The van der Waals surface area contributed by atoms with E-state index in [-0.39, 0.29) is 13.1 Å². The zero-order chi connectivity index (χ0) is 11.4. The van der Waals surface area contributed by atoms with Gasteiger partial charge in [-0.3, -0.25) is 0 Å². The highest BCUT2D eigenvalue weighted by atomic mass is 16.4. The van der Waals surface area contributed by atoms with E-state index in [0.29, 0.717) is 13.0 Å². The van der Waals surface area contributed by atoms with Crippen molar-refractivity contribution in [3.8, 4) is 0 Å². The van der Waals surface area contributed by atoms with Crippen LogP contribution in [0.3, 0.4) is 0 Å². The first kappa shape index (κ1) is 11.7. The summed E-state index contributed by atoms with van der Waals surface area (Å²) in [5.74, 6) is -1.38. The van der Waals surface area contributed by atoms with Gasteiger partial charge in [0.25, 0.3) is 0 Å². The fourth-order valence-corrected chi connectivity index (χ4v) is 1.31. The number of carboxylic acids is 1. The van der Waals surface area contributed by atoms with Gasteiger partial charge in [-0.05, 0) is 6.42 Å². The Hall–Kier alpha value is -1.34. The molecule has 7 heteroatoms. The summed E-state index contributed by atoms with van der Waals surface area (Å²) in [7, 11) is 0. The maximum absolute atomic E-state index is 11.3. The summed E-state index contributed by atoms with van der Waals surface area (Å²) in [6, 6.07) is -0.466. The molecule has 1 saturated heterocycles. The van der Waals surface area contributed by atoms with Crippen LogP contribution in [0.1, 0.15) is 6.42 Å². The molecule has 1 aliphatic rings. The molecule has 0 saturated carbocycles. The largest absolute Gasteiger partial charge is 0.479 e. The molecule has 1 unspecified atom stereocenters. The fourth-order valence-electron chi connectivity index (χ4n) is 1.31. The zero-order valence-corrected chi connectivity index (χ0v) is 8.09. The van der Waals surface area contributed by atoms with Gasteiger partial charge in [-0.25, -0.2) is 9.59 Å². The summed E-state index contributed by atoms with van der Waals surface area (Å²) in [6.07, 6.45) is -1.59. The number of aliphatic carboxylic acids is 1. The Kier molecular flexibility index (Phi) is 3.87. The molecule has 0 radical (unpaired) electrons. The second-order valence-electron chi connectivity index (χ2n) is 3.43. The van der Waals surface area contributed by atoms with Crippen LogP contribution in [0.25, 0.3) is 0 Å². The van der Waals surface area contributed by atoms with E-state index >= 15 is 0 Å². The Labute approximate surface area is 86.3 Å². The number of carbonyl (C=O) groups is 2. The quantitative estimate of drug-likeness (QED) is 0.447. The van der Waals surface area contributed by atoms with Crippen molar-refractivity contribution in [2.24, 2.45) is 0 Å². The summed E-state index contributed by atoms with van der Waals surface area (Å²) in [5.41, 5.74) is 0. The molecule has 2 amide bonds. The lowest BCUT2D eigenvalue weighted by atomic mass is 10.3. The molecule has 4 N–H and O–H groups in total. The number of hydrogen-bond donors (Lipinski definition) is 4. The number of urea groups is 1. The normalized spacial score (nSPS) is 22.5. The lowest BCUT2D eigenvalue weighted by Gasteiger charge is -2.17. The van der Waals surface area contributed by atoms with Crippen molar-refractivity contribution in [3.63, 3.8) is 0 Å². The monoisotopic (exact) mass is 218 g/mol. The first-order valence-corrected chi connectivity index (χ1v) is 4.62. The number of carbonyl (C=O) groups excluding carboxylic acids is 1. The van der Waals surface area contributed by atoms with Crippen molar-refractivity contribution in [1.82, 2.24) is 10.2 Å². The number of nitrogens with zero attached hydrogens (tertiary/aromatic N) is 1. The molecule has 0 aromatic rings. The van der Waals surface area contributed by atoms with Gasteiger partial charge in [0.2, 0.25) is 0 Å². The summed E-state index contributed by atoms with van der Waals surface area (Å²) >= 11 is 0. The molecule has 0 aromatic heterocycles. The molecule has 0 spiro atoms. The summed E-state index contributed by atoms with van der Waals surface area (Å²) in [5, 5.41) is 28.7. The minimum atomic E-state index is -1.60. The van der Waals surface area contributed by atoms with Gasteiger partial charge in [-0.15, -0.1) is 0 Å². The minimum absolute atomic E-state index is 0.245. The SMILES string of the molecule is O=C(O)[C@@H](O)CNC(=O)N1CCC(O)C1. The van der Waals surface area contributed by atoms with Gasteiger partial charge in [0.1, 0.15) is 0 Å². The molecular weight excluding hydrogens is 204 g/mol. The number of aliphatic hydroxyl groups is 2. The van der Waals surface area contributed by atoms with Crippen molar-refractivity contribution in [2.45, 2.75) is 18.6 Å². The van der Waals surface area contributed by atoms with Gasteiger partial charge >= 0.3 is 12.0 Å². The van der Waals surface area contributed by atoms with Crippen LogP contribution in [-0.4, -0.2) is 64.1 Å². The van der Waals surface area contributed by atoms with E-state index in [2.05, 4.69) is 5.32 Å². The molecule has 1 rings (SSSR count). The smallest absolute Gasteiger partial charge is 0.334 e. The van der Waals surface area contributed by atoms with Crippen LogP contribution in [0, 0.1) is 0 Å². The highest BCUT2D eigenvalue weighted by Gasteiger charge is 2.25. The van der Waals surface area contributed by atoms with Gasteiger partial charge in [0.15, 0.2) is 6.10 Å². The van der Waals surface area contributed by atoms with Crippen molar-refractivity contribution < 1.29 is 24.9 Å². The molecule has 0 aromatic carbocycles. The first-order chi connectivity index (χ1) is 7.00. The molecule has 1 fully saturated rings. The van der Waals surface area contributed by atoms with E-state index < -0.39 is 24.2 Å². The molecule has 7 nitrogen and oxygen atoms in total. The highest BCUT2D eigenvalue weighted by Crippen LogP contribution is 2.08. The number of nitrogens with one attached hydrogen (secondary N) is 1. The predicted molar refractivity (Wildman–Crippen MR) is 49.2 cm³/mol. The van der Waals surface area contributed by atoms with Gasteiger partial charge < -0.3 is 25.5 Å². The molecule has 0 bridgehead atoms. The molecule has 1 heterocycles. The van der Waals surface area contributed by atoms with Crippen molar-refractivity contribution >= 4 is 12.0 Å². The zero-order valence-electron chi connectivity index (χ0n) is 8.09. The molecular formula is C8H14N2O5. The van der Waals surface area contributed by atoms with Crippen LogP contribution in [0.4, 0.5) is 4.79 Å². The van der Waals surface area contributed by atoms with E-state index in [4.69, 9.17) is 15.3 Å². The highest BCUT2D eigenvalue weighted by molar-refractivity contribution is 5.77. The summed E-state index contributed by atoms with van der Waals surface area (Å²) in [6.45, 7) is 0.353. The van der Waals surface area contributed by atoms with Crippen LogP contribution < -0.4 is 5.32 Å². The number of carboxylic acid groups (broad SMARTS) is 1. The van der Waals surface area contributed by atoms with Crippen LogP contribution >= 0.6 is 0 Å². The number of β-amino-alcohol motifs (C(OH)–C–C–N with tert-alkyl or cyclic N) is 1. The maximum atomic E-state index is 11.3. The van der Waals surface area contributed by atoms with E-state index in [1.165, 1.54) is 4.90 Å². The number of aliphatic hydroxyl groups excluding tert-OH is 2. The van der Waals surface area contributed by atoms with Gasteiger partial charge in [0, 0.05) is 13.1 Å². The second kappa shape index (κ2) is 4.94. The average Bonchev–Trinajstić information content (AvgIpc) is 2.60. The Morgan fingerprint density at radius 2 is 2.20 bits per heavy atom. The predicted octanol–water partition coefficient (Wildman–Crippen LogP) is -1.79. The third-order valence-electron chi connectivity index (χ3n) is 2.18. The Bertz CT molecular complexity index is 257. The molecule has 86 valence electrons. The number of rotatable bonds is 3. The van der Waals surface area contributed by atoms with Crippen molar-refractivity contribution in [3.05, 3.63) is 0 Å². The van der Waals surface area contributed by atoms with Crippen LogP contribution in [-0.2, 0) is 4.79 Å². The Morgan fingerprint density at radius 1 is 1.53 bits per heavy atom. The third kappa shape index (κ3) is 3.37. The maximum Gasteiger partial charge on any atom is 0.334 e. The van der Waals surface area contributed by atoms with E-state index in [9.17, 15) is 9.59 Å². The standard InChI is InChI=1S/C8H14N2O5/c11-5-1-2-10(4-5)8(15)9-3-6(12)7(13)14/h5-6,11-12H,1-4H2,(H,9,15)(H,13,14)/t5?,6-/m0/s1. The minimum Gasteiger partial charge on any atom is -0.479 e. The van der Waals surface area contributed by atoms with Crippen LogP contribution in [0.5, 0.6) is 0 Å².